The molecule has 8 amide bonds. The van der Waals surface area contributed by atoms with Crippen LogP contribution in [0.15, 0.2) is 78.9 Å². The van der Waals surface area contributed by atoms with E-state index in [-0.39, 0.29) is 44.6 Å². The summed E-state index contributed by atoms with van der Waals surface area (Å²) in [6.07, 6.45) is -0.675. The van der Waals surface area contributed by atoms with Gasteiger partial charge in [-0.3, -0.25) is 28.8 Å². The lowest BCUT2D eigenvalue weighted by molar-refractivity contribution is -0.131. The standard InChI is InChI=1S/C51H63N11O11/c1-31(2)47(58-46(66)28-54-44(64)27-53-43(63)26-52)48(67)55-29-45(65)56-34-13-11-32(12-14-34)30-72-50(69)60(5)19-20-61(6)51(70)73-42-25-41-37(36-9-7-8-10-38(36)42)17-18-62(41)49(68)40-24-33-23-35(15-16-39(33)57-40)71-22-21-59(3)4/h7-16,23-25,31,47,57H,17-22,26-30,52H2,1-6H3,(H,53,63)(H,54,64)(H,55,67)(H,56,65)(H,58,66). The van der Waals surface area contributed by atoms with Crippen LogP contribution in [-0.4, -0.2) is 161 Å². The molecule has 22 heteroatoms. The Labute approximate surface area is 422 Å². The molecule has 0 saturated heterocycles. The first-order valence-corrected chi connectivity index (χ1v) is 23.7. The van der Waals surface area contributed by atoms with Crippen molar-refractivity contribution >= 4 is 80.7 Å². The van der Waals surface area contributed by atoms with Gasteiger partial charge in [0.15, 0.2) is 0 Å². The average molecular weight is 1010 g/mol. The molecule has 0 bridgehead atoms. The second-order valence-corrected chi connectivity index (χ2v) is 18.0. The number of hydrogen-bond acceptors (Lipinski definition) is 13. The minimum Gasteiger partial charge on any atom is -0.492 e. The van der Waals surface area contributed by atoms with Gasteiger partial charge in [0.1, 0.15) is 36.4 Å². The number of anilines is 2. The zero-order valence-corrected chi connectivity index (χ0v) is 41.8. The first kappa shape index (κ1) is 54.1. The van der Waals surface area contributed by atoms with E-state index in [1.54, 1.807) is 56.1 Å². The third-order valence-corrected chi connectivity index (χ3v) is 11.8. The van der Waals surface area contributed by atoms with Crippen LogP contribution in [0.1, 0.15) is 35.5 Å². The minimum absolute atomic E-state index is 0.0828. The molecule has 22 nitrogen and oxygen atoms in total. The molecule has 4 aromatic carbocycles. The van der Waals surface area contributed by atoms with Crippen LogP contribution in [0.25, 0.3) is 21.7 Å². The number of carbonyl (C=O) groups is 8. The molecule has 388 valence electrons. The number of ether oxygens (including phenoxy) is 3. The molecule has 0 aliphatic carbocycles. The summed E-state index contributed by atoms with van der Waals surface area (Å²) in [6.45, 7) is 3.80. The van der Waals surface area contributed by atoms with Gasteiger partial charge in [-0.25, -0.2) is 9.59 Å². The lowest BCUT2D eigenvalue weighted by Gasteiger charge is -2.23. The van der Waals surface area contributed by atoms with Gasteiger partial charge >= 0.3 is 12.2 Å². The number of carbonyl (C=O) groups excluding carboxylic acids is 8. The summed E-state index contributed by atoms with van der Waals surface area (Å²) in [5, 5.41) is 14.7. The van der Waals surface area contributed by atoms with Crippen molar-refractivity contribution < 1.29 is 52.6 Å². The van der Waals surface area contributed by atoms with Gasteiger partial charge < -0.3 is 71.1 Å². The Bertz CT molecular complexity index is 2830. The van der Waals surface area contributed by atoms with Crippen molar-refractivity contribution in [3.8, 4) is 11.5 Å². The van der Waals surface area contributed by atoms with Crippen LogP contribution < -0.4 is 46.7 Å². The largest absolute Gasteiger partial charge is 0.492 e. The molecule has 73 heavy (non-hydrogen) atoms. The Morgan fingerprint density at radius 3 is 2.11 bits per heavy atom. The molecule has 5 aromatic rings. The zero-order valence-electron chi connectivity index (χ0n) is 41.8. The van der Waals surface area contributed by atoms with Crippen LogP contribution in [0.2, 0.25) is 0 Å². The molecule has 1 aromatic heterocycles. The fourth-order valence-electron chi connectivity index (χ4n) is 7.67. The number of hydrogen-bond donors (Lipinski definition) is 7. The summed E-state index contributed by atoms with van der Waals surface area (Å²) >= 11 is 0. The number of amides is 8. The van der Waals surface area contributed by atoms with Crippen LogP contribution >= 0.6 is 0 Å². The number of nitrogens with one attached hydrogen (secondary N) is 6. The van der Waals surface area contributed by atoms with Crippen molar-refractivity contribution in [2.24, 2.45) is 11.7 Å². The van der Waals surface area contributed by atoms with E-state index in [2.05, 4.69) is 31.6 Å². The highest BCUT2D eigenvalue weighted by Crippen LogP contribution is 2.41. The van der Waals surface area contributed by atoms with Crippen LogP contribution in [0.5, 0.6) is 11.5 Å². The Morgan fingerprint density at radius 1 is 0.740 bits per heavy atom. The number of benzene rings is 4. The SMILES string of the molecule is CC(C)C(NC(=O)CNC(=O)CNC(=O)CN)C(=O)NCC(=O)Nc1ccc(COC(=O)N(C)CCN(C)C(=O)Oc2cc3c(c4ccccc24)CCN3C(=O)c2cc3cc(OCCN(C)C)ccc3[nH]2)cc1. The first-order chi connectivity index (χ1) is 34.9. The Balaban J connectivity index is 0.944. The van der Waals surface area contributed by atoms with Gasteiger partial charge in [0.05, 0.1) is 31.9 Å². The van der Waals surface area contributed by atoms with Gasteiger partial charge in [-0.2, -0.15) is 0 Å². The number of rotatable bonds is 22. The highest BCUT2D eigenvalue weighted by atomic mass is 16.6. The average Bonchev–Trinajstić information content (AvgIpc) is 4.01. The van der Waals surface area contributed by atoms with Gasteiger partial charge in [-0.05, 0) is 79.3 Å². The third kappa shape index (κ3) is 14.9. The van der Waals surface area contributed by atoms with Crippen molar-refractivity contribution in [3.63, 3.8) is 0 Å². The maximum atomic E-state index is 14.1. The number of likely N-dealkylation sites (N-methyl/N-ethyl adjacent to an activating group) is 3. The summed E-state index contributed by atoms with van der Waals surface area (Å²) in [4.78, 5) is 111. The highest BCUT2D eigenvalue weighted by Gasteiger charge is 2.31. The molecular formula is C51H63N11O11. The molecule has 8 N–H and O–H groups in total. The van der Waals surface area contributed by atoms with Crippen molar-refractivity contribution in [2.75, 3.05) is 97.4 Å². The molecule has 6 rings (SSSR count). The minimum atomic E-state index is -1.00. The number of H-pyrrole nitrogens is 1. The van der Waals surface area contributed by atoms with Gasteiger partial charge in [-0.1, -0.05) is 50.2 Å². The lowest BCUT2D eigenvalue weighted by atomic mass is 10.0. The molecule has 1 aliphatic rings. The lowest BCUT2D eigenvalue weighted by Crippen LogP contribution is -2.53. The second-order valence-electron chi connectivity index (χ2n) is 18.0. The van der Waals surface area contributed by atoms with Gasteiger partial charge in [0.2, 0.25) is 29.5 Å². The molecule has 2 heterocycles. The second kappa shape index (κ2) is 25.2. The fraction of sp³-hybridized carbons (Fsp3) is 0.373. The van der Waals surface area contributed by atoms with E-state index >= 15 is 0 Å². The maximum absolute atomic E-state index is 14.1. The Morgan fingerprint density at radius 2 is 1.41 bits per heavy atom. The van der Waals surface area contributed by atoms with Crippen LogP contribution in [0, 0.1) is 5.92 Å². The highest BCUT2D eigenvalue weighted by molar-refractivity contribution is 6.11. The number of nitrogens with two attached hydrogens (primary N) is 1. The van der Waals surface area contributed by atoms with Gasteiger partial charge in [0, 0.05) is 68.3 Å². The Hall–Kier alpha value is -8.24. The third-order valence-electron chi connectivity index (χ3n) is 11.8. The van der Waals surface area contributed by atoms with E-state index in [9.17, 15) is 38.4 Å². The summed E-state index contributed by atoms with van der Waals surface area (Å²) in [6, 6.07) is 22.3. The topological polar surface area (TPSA) is 279 Å². The van der Waals surface area contributed by atoms with Crippen molar-refractivity contribution in [1.82, 2.24) is 41.0 Å². The molecule has 0 spiro atoms. The van der Waals surface area contributed by atoms with Crippen LogP contribution in [0.3, 0.4) is 0 Å². The quantitative estimate of drug-likeness (QED) is 0.0526. The summed E-state index contributed by atoms with van der Waals surface area (Å²) < 4.78 is 17.4. The van der Waals surface area contributed by atoms with E-state index in [4.69, 9.17) is 19.9 Å². The monoisotopic (exact) mass is 1010 g/mol. The molecule has 1 atom stereocenters. The van der Waals surface area contributed by atoms with Gasteiger partial charge in [0.25, 0.3) is 5.91 Å². The van der Waals surface area contributed by atoms with Gasteiger partial charge in [-0.15, -0.1) is 0 Å². The number of fused-ring (bicyclic) bond motifs is 4. The molecule has 1 aliphatic heterocycles. The zero-order chi connectivity index (χ0) is 52.8. The van der Waals surface area contributed by atoms with E-state index in [0.717, 1.165) is 33.8 Å². The summed E-state index contributed by atoms with van der Waals surface area (Å²) in [5.74, 6) is -2.52. The maximum Gasteiger partial charge on any atom is 0.415 e. The molecule has 0 fully saturated rings. The van der Waals surface area contributed by atoms with Crippen LogP contribution in [-0.2, 0) is 41.7 Å². The molecular weight excluding hydrogens is 943 g/mol. The summed E-state index contributed by atoms with van der Waals surface area (Å²) in [5.41, 5.74) is 9.07. The predicted molar refractivity (Wildman–Crippen MR) is 273 cm³/mol. The molecule has 0 saturated carbocycles. The summed E-state index contributed by atoms with van der Waals surface area (Å²) in [7, 11) is 7.06. The smallest absolute Gasteiger partial charge is 0.415 e. The van der Waals surface area contributed by atoms with E-state index in [1.165, 1.54) is 16.8 Å². The number of aromatic nitrogens is 1. The number of nitrogens with zero attached hydrogens (tertiary/aromatic N) is 4. The van der Waals surface area contributed by atoms with Crippen LogP contribution in [0.4, 0.5) is 21.0 Å². The van der Waals surface area contributed by atoms with E-state index in [0.29, 0.717) is 53.7 Å². The van der Waals surface area contributed by atoms with E-state index in [1.807, 2.05) is 67.5 Å². The predicted octanol–water partition coefficient (Wildman–Crippen LogP) is 2.55. The first-order valence-electron chi connectivity index (χ1n) is 23.7. The normalized spacial score (nSPS) is 12.2. The van der Waals surface area contributed by atoms with Crippen molar-refractivity contribution in [2.45, 2.75) is 32.9 Å². The number of aromatic amines is 1. The molecule has 1 unspecified atom stereocenters. The Kier molecular flexibility index (Phi) is 18.7. The van der Waals surface area contributed by atoms with E-state index < -0.39 is 60.9 Å². The molecule has 0 radical (unpaired) electrons. The fourth-order valence-corrected chi connectivity index (χ4v) is 7.67. The van der Waals surface area contributed by atoms with Crippen molar-refractivity contribution in [1.29, 1.82) is 0 Å². The van der Waals surface area contributed by atoms with Crippen molar-refractivity contribution in [3.05, 3.63) is 95.7 Å².